The fourth-order valence-corrected chi connectivity index (χ4v) is 1.16. The van der Waals surface area contributed by atoms with Crippen molar-refractivity contribution in [3.05, 3.63) is 16.8 Å². The number of thiophene rings is 1. The van der Waals surface area contributed by atoms with Crippen molar-refractivity contribution >= 4 is 23.1 Å². The van der Waals surface area contributed by atoms with Crippen molar-refractivity contribution in [1.29, 1.82) is 0 Å². The molecule has 0 unspecified atom stereocenters. The van der Waals surface area contributed by atoms with Crippen LogP contribution in [-0.2, 0) is 0 Å². The molecule has 0 saturated carbocycles. The summed E-state index contributed by atoms with van der Waals surface area (Å²) < 4.78 is 0. The van der Waals surface area contributed by atoms with Crippen molar-refractivity contribution < 1.29 is 4.79 Å². The van der Waals surface area contributed by atoms with Gasteiger partial charge in [-0.05, 0) is 11.4 Å². The number of hydrogen-bond donors (Lipinski definition) is 1. The quantitative estimate of drug-likeness (QED) is 0.685. The van der Waals surface area contributed by atoms with Crippen LogP contribution in [0.4, 0.5) is 10.5 Å². The lowest BCUT2D eigenvalue weighted by Gasteiger charge is -2.09. The molecular formula is C7H10N2OS. The Kier molecular flexibility index (Phi) is 2.48. The molecule has 3 nitrogen and oxygen atoms in total. The molecule has 2 amide bonds. The van der Waals surface area contributed by atoms with Crippen LogP contribution < -0.4 is 5.32 Å². The summed E-state index contributed by atoms with van der Waals surface area (Å²) in [5, 5.41) is 6.53. The summed E-state index contributed by atoms with van der Waals surface area (Å²) in [5.41, 5.74) is 0.855. The number of carbonyl (C=O) groups excluding carboxylic acids is 1. The van der Waals surface area contributed by atoms with E-state index in [0.29, 0.717) is 0 Å². The SMILES string of the molecule is CN(C)C(=O)Nc1ccsc1. The monoisotopic (exact) mass is 170 g/mol. The van der Waals surface area contributed by atoms with E-state index in [1.54, 1.807) is 25.4 Å². The minimum absolute atomic E-state index is 0.0941. The average Bonchev–Trinajstić information content (AvgIpc) is 2.39. The van der Waals surface area contributed by atoms with Crippen molar-refractivity contribution in [3.8, 4) is 0 Å². The molecule has 0 aliphatic rings. The second-order valence-corrected chi connectivity index (χ2v) is 3.12. The molecule has 0 saturated heterocycles. The van der Waals surface area contributed by atoms with Gasteiger partial charge in [0.05, 0.1) is 5.69 Å². The maximum Gasteiger partial charge on any atom is 0.321 e. The van der Waals surface area contributed by atoms with Crippen molar-refractivity contribution in [2.75, 3.05) is 19.4 Å². The normalized spacial score (nSPS) is 9.27. The zero-order valence-corrected chi connectivity index (χ0v) is 7.31. The first-order chi connectivity index (χ1) is 5.20. The van der Waals surface area contributed by atoms with Crippen molar-refractivity contribution in [2.45, 2.75) is 0 Å². The summed E-state index contributed by atoms with van der Waals surface area (Å²) in [4.78, 5) is 12.5. The molecule has 11 heavy (non-hydrogen) atoms. The number of nitrogens with zero attached hydrogens (tertiary/aromatic N) is 1. The maximum atomic E-state index is 11.0. The molecule has 1 heterocycles. The van der Waals surface area contributed by atoms with Crippen LogP contribution in [0.1, 0.15) is 0 Å². The zero-order chi connectivity index (χ0) is 8.27. The Morgan fingerprint density at radius 1 is 1.64 bits per heavy atom. The van der Waals surface area contributed by atoms with Gasteiger partial charge < -0.3 is 10.2 Å². The van der Waals surface area contributed by atoms with Crippen LogP contribution in [0.25, 0.3) is 0 Å². The van der Waals surface area contributed by atoms with Crippen LogP contribution in [-0.4, -0.2) is 25.0 Å². The number of rotatable bonds is 1. The highest BCUT2D eigenvalue weighted by Gasteiger charge is 2.02. The first-order valence-corrected chi connectivity index (χ1v) is 4.15. The Hall–Kier alpha value is -1.03. The third kappa shape index (κ3) is 2.23. The Labute approximate surface area is 69.6 Å². The standard InChI is InChI=1S/C7H10N2OS/c1-9(2)7(10)8-6-3-4-11-5-6/h3-5H,1-2H3,(H,8,10). The fourth-order valence-electron chi connectivity index (χ4n) is 0.571. The number of anilines is 1. The van der Waals surface area contributed by atoms with E-state index in [1.807, 2.05) is 16.8 Å². The van der Waals surface area contributed by atoms with Gasteiger partial charge in [-0.2, -0.15) is 11.3 Å². The summed E-state index contributed by atoms with van der Waals surface area (Å²) in [6.45, 7) is 0. The fraction of sp³-hybridized carbons (Fsp3) is 0.286. The van der Waals surface area contributed by atoms with E-state index in [-0.39, 0.29) is 6.03 Å². The Morgan fingerprint density at radius 2 is 2.36 bits per heavy atom. The average molecular weight is 170 g/mol. The minimum atomic E-state index is -0.0941. The molecule has 0 aliphatic heterocycles. The molecule has 60 valence electrons. The predicted molar refractivity (Wildman–Crippen MR) is 47.0 cm³/mol. The second kappa shape index (κ2) is 3.39. The van der Waals surface area contributed by atoms with Gasteiger partial charge in [0.1, 0.15) is 0 Å². The van der Waals surface area contributed by atoms with Gasteiger partial charge in [0.2, 0.25) is 0 Å². The van der Waals surface area contributed by atoms with Crippen molar-refractivity contribution in [2.24, 2.45) is 0 Å². The highest BCUT2D eigenvalue weighted by atomic mass is 32.1. The summed E-state index contributed by atoms with van der Waals surface area (Å²) in [6, 6.07) is 1.77. The number of amides is 2. The van der Waals surface area contributed by atoms with E-state index in [0.717, 1.165) is 5.69 Å². The number of carbonyl (C=O) groups is 1. The van der Waals surface area contributed by atoms with Crippen LogP contribution in [0, 0.1) is 0 Å². The lowest BCUT2D eigenvalue weighted by Crippen LogP contribution is -2.26. The second-order valence-electron chi connectivity index (χ2n) is 2.34. The summed E-state index contributed by atoms with van der Waals surface area (Å²) in [7, 11) is 3.42. The maximum absolute atomic E-state index is 11.0. The number of nitrogens with one attached hydrogen (secondary N) is 1. The van der Waals surface area contributed by atoms with Gasteiger partial charge in [-0.1, -0.05) is 0 Å². The first-order valence-electron chi connectivity index (χ1n) is 3.20. The number of urea groups is 1. The van der Waals surface area contributed by atoms with Gasteiger partial charge in [-0.25, -0.2) is 4.79 Å². The lowest BCUT2D eigenvalue weighted by atomic mass is 10.5. The van der Waals surface area contributed by atoms with E-state index in [4.69, 9.17) is 0 Å². The van der Waals surface area contributed by atoms with Crippen LogP contribution in [0.2, 0.25) is 0 Å². The van der Waals surface area contributed by atoms with Crippen LogP contribution in [0.3, 0.4) is 0 Å². The topological polar surface area (TPSA) is 32.3 Å². The highest BCUT2D eigenvalue weighted by Crippen LogP contribution is 2.11. The minimum Gasteiger partial charge on any atom is -0.331 e. The van der Waals surface area contributed by atoms with Crippen LogP contribution in [0.5, 0.6) is 0 Å². The lowest BCUT2D eigenvalue weighted by molar-refractivity contribution is 0.230. The molecule has 0 radical (unpaired) electrons. The molecule has 1 rings (SSSR count). The van der Waals surface area contributed by atoms with Gasteiger partial charge in [0.15, 0.2) is 0 Å². The molecule has 0 aliphatic carbocycles. The Bertz CT molecular complexity index is 231. The Morgan fingerprint density at radius 3 is 2.82 bits per heavy atom. The summed E-state index contributed by atoms with van der Waals surface area (Å²) in [5.74, 6) is 0. The van der Waals surface area contributed by atoms with Gasteiger partial charge >= 0.3 is 6.03 Å². The smallest absolute Gasteiger partial charge is 0.321 e. The predicted octanol–water partition coefficient (Wildman–Crippen LogP) is 1.84. The highest BCUT2D eigenvalue weighted by molar-refractivity contribution is 7.08. The van der Waals surface area contributed by atoms with Crippen LogP contribution in [0.15, 0.2) is 16.8 Å². The summed E-state index contributed by atoms with van der Waals surface area (Å²) >= 11 is 1.56. The molecular weight excluding hydrogens is 160 g/mol. The Balaban J connectivity index is 2.50. The largest absolute Gasteiger partial charge is 0.331 e. The molecule has 0 atom stereocenters. The van der Waals surface area contributed by atoms with Crippen molar-refractivity contribution in [3.63, 3.8) is 0 Å². The molecule has 0 fully saturated rings. The van der Waals surface area contributed by atoms with E-state index >= 15 is 0 Å². The van der Waals surface area contributed by atoms with Gasteiger partial charge in [0, 0.05) is 19.5 Å². The summed E-state index contributed by atoms with van der Waals surface area (Å²) in [6.07, 6.45) is 0. The van der Waals surface area contributed by atoms with Gasteiger partial charge in [0.25, 0.3) is 0 Å². The van der Waals surface area contributed by atoms with Crippen LogP contribution >= 0.6 is 11.3 Å². The molecule has 0 aromatic carbocycles. The van der Waals surface area contributed by atoms with E-state index in [1.165, 1.54) is 4.90 Å². The van der Waals surface area contributed by atoms with Crippen molar-refractivity contribution in [1.82, 2.24) is 4.90 Å². The third-order valence-corrected chi connectivity index (χ3v) is 1.86. The zero-order valence-electron chi connectivity index (χ0n) is 6.50. The van der Waals surface area contributed by atoms with E-state index in [9.17, 15) is 4.79 Å². The third-order valence-electron chi connectivity index (χ3n) is 1.18. The van der Waals surface area contributed by atoms with Gasteiger partial charge in [-0.3, -0.25) is 0 Å². The van der Waals surface area contributed by atoms with E-state index in [2.05, 4.69) is 5.32 Å². The molecule has 1 N–H and O–H groups in total. The molecule has 0 bridgehead atoms. The first kappa shape index (κ1) is 8.07. The molecule has 1 aromatic heterocycles. The molecule has 4 heteroatoms. The molecule has 0 spiro atoms. The van der Waals surface area contributed by atoms with Gasteiger partial charge in [-0.15, -0.1) is 0 Å². The number of hydrogen-bond acceptors (Lipinski definition) is 2. The van der Waals surface area contributed by atoms with E-state index < -0.39 is 0 Å². The molecule has 1 aromatic rings.